The van der Waals surface area contributed by atoms with Crippen molar-refractivity contribution >= 4 is 44.7 Å². The molecule has 3 aromatic heterocycles. The fourth-order valence-electron chi connectivity index (χ4n) is 9.51. The van der Waals surface area contributed by atoms with Gasteiger partial charge in [0.25, 0.3) is 0 Å². The van der Waals surface area contributed by atoms with Crippen molar-refractivity contribution in [3.8, 4) is 39.6 Å². The van der Waals surface area contributed by atoms with Gasteiger partial charge in [0, 0.05) is 57.5 Å². The lowest BCUT2D eigenvalue weighted by molar-refractivity contribution is 0.483. The molecule has 0 saturated heterocycles. The Morgan fingerprint density at radius 1 is 0.583 bits per heavy atom. The Kier molecular flexibility index (Phi) is 8.05. The van der Waals surface area contributed by atoms with Crippen LogP contribution in [0.3, 0.4) is 0 Å². The van der Waals surface area contributed by atoms with Crippen molar-refractivity contribution in [1.82, 2.24) is 14.5 Å². The topological polar surface area (TPSA) is 46.4 Å². The first-order chi connectivity index (χ1) is 29.1. The summed E-state index contributed by atoms with van der Waals surface area (Å²) >= 11 is 0. The van der Waals surface area contributed by atoms with Crippen LogP contribution in [-0.2, 0) is 10.8 Å². The van der Waals surface area contributed by atoms with Crippen LogP contribution in [0.2, 0.25) is 0 Å². The summed E-state index contributed by atoms with van der Waals surface area (Å²) in [5.74, 6) is 2.34. The number of hydrogen-bond donors (Lipinski definition) is 0. The molecule has 11 rings (SSSR count). The van der Waals surface area contributed by atoms with Gasteiger partial charge >= 0.3 is 0 Å². The molecule has 0 amide bonds. The lowest BCUT2D eigenvalue weighted by Crippen LogP contribution is -2.25. The number of ether oxygens (including phenoxy) is 1. The third-order valence-corrected chi connectivity index (χ3v) is 12.5. The number of aromatic nitrogens is 3. The van der Waals surface area contributed by atoms with Crippen molar-refractivity contribution in [1.29, 1.82) is 0 Å². The Bertz CT molecular complexity index is 3140. The van der Waals surface area contributed by atoms with E-state index in [4.69, 9.17) is 14.7 Å². The lowest BCUT2D eigenvalue weighted by Gasteiger charge is -2.28. The van der Waals surface area contributed by atoms with Crippen LogP contribution in [-0.4, -0.2) is 21.2 Å². The van der Waals surface area contributed by atoms with Crippen LogP contribution in [0.5, 0.6) is 11.5 Å². The molecule has 1 aliphatic heterocycles. The number of hydrogen-bond acceptors (Lipinski definition) is 5. The van der Waals surface area contributed by atoms with E-state index in [0.29, 0.717) is 6.67 Å². The third-order valence-electron chi connectivity index (χ3n) is 12.5. The molecule has 0 spiro atoms. The zero-order valence-corrected chi connectivity index (χ0v) is 34.5. The van der Waals surface area contributed by atoms with Gasteiger partial charge in [0.1, 0.15) is 29.6 Å². The summed E-state index contributed by atoms with van der Waals surface area (Å²) in [6, 6.07) is 56.4. The van der Waals surface area contributed by atoms with Gasteiger partial charge < -0.3 is 14.5 Å². The number of nitrogens with zero attached hydrogens (tertiary/aromatic N) is 5. The molecule has 0 bridgehead atoms. The van der Waals surface area contributed by atoms with Gasteiger partial charge in [0.15, 0.2) is 0 Å². The molecular weight excluding hydrogens is 735 g/mol. The molecule has 0 unspecified atom stereocenters. The van der Waals surface area contributed by atoms with E-state index in [1.165, 1.54) is 50.3 Å². The van der Waals surface area contributed by atoms with Crippen molar-refractivity contribution < 1.29 is 4.74 Å². The van der Waals surface area contributed by atoms with Gasteiger partial charge in [0.05, 0.1) is 22.6 Å². The average molecular weight is 780 g/mol. The van der Waals surface area contributed by atoms with Crippen LogP contribution in [0.1, 0.15) is 51.3 Å². The first-order valence-electron chi connectivity index (χ1n) is 20.8. The quantitative estimate of drug-likeness (QED) is 0.168. The lowest BCUT2D eigenvalue weighted by atomic mass is 9.82. The Morgan fingerprint density at radius 3 is 2.18 bits per heavy atom. The molecule has 0 saturated carbocycles. The highest BCUT2D eigenvalue weighted by Crippen LogP contribution is 2.57. The highest BCUT2D eigenvalue weighted by Gasteiger charge is 2.40. The molecular formula is C54H45N5O. The van der Waals surface area contributed by atoms with E-state index in [-0.39, 0.29) is 10.8 Å². The Balaban J connectivity index is 0.994. The molecule has 6 heteroatoms. The number of anilines is 4. The monoisotopic (exact) mass is 779 g/mol. The molecule has 2 aliphatic rings. The zero-order chi connectivity index (χ0) is 40.8. The maximum Gasteiger partial charge on any atom is 0.146 e. The van der Waals surface area contributed by atoms with Gasteiger partial charge in [-0.1, -0.05) is 120 Å². The molecule has 0 radical (unpaired) electrons. The first kappa shape index (κ1) is 35.9. The van der Waals surface area contributed by atoms with Crippen LogP contribution in [0.25, 0.3) is 50.0 Å². The fraction of sp³-hybridized carbons (Fsp3) is 0.148. The molecule has 0 atom stereocenters. The van der Waals surface area contributed by atoms with Crippen LogP contribution < -0.4 is 14.5 Å². The van der Waals surface area contributed by atoms with E-state index in [1.54, 1.807) is 0 Å². The molecule has 292 valence electrons. The molecule has 9 aromatic rings. The SMILES string of the molecule is CC(C)(C)c1ccnc(-n2c3cc(Oc4cccc(N5CN(c6c(-c7ccccc7)ccc7c6-c6ccccc6C7(C)C)c6ccccc65)c4)ccc3c3cccnc32)c1. The number of benzene rings is 6. The van der Waals surface area contributed by atoms with E-state index >= 15 is 0 Å². The molecule has 0 fully saturated rings. The fourth-order valence-corrected chi connectivity index (χ4v) is 9.51. The summed E-state index contributed by atoms with van der Waals surface area (Å²) in [5.41, 5.74) is 15.3. The van der Waals surface area contributed by atoms with Crippen molar-refractivity contribution in [3.05, 3.63) is 187 Å². The van der Waals surface area contributed by atoms with E-state index < -0.39 is 0 Å². The number of fused-ring (bicyclic) bond motifs is 7. The van der Waals surface area contributed by atoms with E-state index in [0.717, 1.165) is 50.6 Å². The van der Waals surface area contributed by atoms with Crippen molar-refractivity contribution in [2.24, 2.45) is 0 Å². The minimum atomic E-state index is -0.124. The van der Waals surface area contributed by atoms with Gasteiger partial charge in [-0.2, -0.15) is 0 Å². The maximum atomic E-state index is 6.76. The van der Waals surface area contributed by atoms with Crippen LogP contribution in [0.15, 0.2) is 170 Å². The maximum absolute atomic E-state index is 6.76. The zero-order valence-electron chi connectivity index (χ0n) is 34.5. The second-order valence-electron chi connectivity index (χ2n) is 17.5. The van der Waals surface area contributed by atoms with E-state index in [1.807, 2.05) is 24.5 Å². The normalized spacial score (nSPS) is 14.1. The minimum absolute atomic E-state index is 0.0241. The Morgan fingerprint density at radius 2 is 1.35 bits per heavy atom. The van der Waals surface area contributed by atoms with Crippen molar-refractivity contribution in [2.45, 2.75) is 45.4 Å². The van der Waals surface area contributed by atoms with Crippen molar-refractivity contribution in [2.75, 3.05) is 16.5 Å². The standard InChI is InChI=1S/C54H45N5O/c1-53(2,3)36-28-30-55-49(31-36)59-48-33-39(24-25-41(48)42-20-14-29-56-52(42)59)60-38-18-13-17-37(32-38)57-34-58(47-23-12-11-22-46(47)57)51-40(35-15-7-6-8-16-35)26-27-45-50(51)43-19-9-10-21-44(43)54(45,4)5/h6-33H,34H2,1-5H3. The van der Waals surface area contributed by atoms with Gasteiger partial charge in [0.2, 0.25) is 0 Å². The smallest absolute Gasteiger partial charge is 0.146 e. The van der Waals surface area contributed by atoms with E-state index in [2.05, 4.69) is 195 Å². The predicted molar refractivity (Wildman–Crippen MR) is 247 cm³/mol. The molecule has 60 heavy (non-hydrogen) atoms. The van der Waals surface area contributed by atoms with Gasteiger partial charge in [-0.3, -0.25) is 4.57 Å². The molecule has 6 nitrogen and oxygen atoms in total. The van der Waals surface area contributed by atoms with Gasteiger partial charge in [-0.25, -0.2) is 9.97 Å². The molecule has 0 N–H and O–H groups in total. The van der Waals surface area contributed by atoms with Crippen molar-refractivity contribution in [3.63, 3.8) is 0 Å². The minimum Gasteiger partial charge on any atom is -0.457 e. The number of rotatable bonds is 6. The Labute approximate surface area is 351 Å². The molecule has 1 aliphatic carbocycles. The third kappa shape index (κ3) is 5.62. The highest BCUT2D eigenvalue weighted by atomic mass is 16.5. The predicted octanol–water partition coefficient (Wildman–Crippen LogP) is 13.9. The van der Waals surface area contributed by atoms with Crippen LogP contribution in [0, 0.1) is 0 Å². The van der Waals surface area contributed by atoms with Crippen LogP contribution >= 0.6 is 0 Å². The highest BCUT2D eigenvalue weighted by molar-refractivity contribution is 6.08. The van der Waals surface area contributed by atoms with E-state index in [9.17, 15) is 0 Å². The Hall–Kier alpha value is -7.18. The number of pyridine rings is 2. The number of para-hydroxylation sites is 2. The van der Waals surface area contributed by atoms with Crippen LogP contribution in [0.4, 0.5) is 22.7 Å². The van der Waals surface area contributed by atoms with Gasteiger partial charge in [-0.15, -0.1) is 0 Å². The second-order valence-corrected chi connectivity index (χ2v) is 17.5. The summed E-state index contributed by atoms with van der Waals surface area (Å²) in [4.78, 5) is 14.6. The molecule has 4 heterocycles. The van der Waals surface area contributed by atoms with Gasteiger partial charge in [-0.05, 0) is 93.9 Å². The molecule has 6 aromatic carbocycles. The summed E-state index contributed by atoms with van der Waals surface area (Å²) in [7, 11) is 0. The second kappa shape index (κ2) is 13.4. The summed E-state index contributed by atoms with van der Waals surface area (Å²) in [6.45, 7) is 12.0. The largest absolute Gasteiger partial charge is 0.457 e. The summed E-state index contributed by atoms with van der Waals surface area (Å²) in [5, 5.41) is 2.18. The summed E-state index contributed by atoms with van der Waals surface area (Å²) in [6.07, 6.45) is 3.74. The first-order valence-corrected chi connectivity index (χ1v) is 20.8. The average Bonchev–Trinajstić information content (AvgIpc) is 3.89. The summed E-state index contributed by atoms with van der Waals surface area (Å²) < 4.78 is 8.91.